The second-order valence-electron chi connectivity index (χ2n) is 10.7. The minimum absolute atomic E-state index is 0.0754. The monoisotopic (exact) mass is 450 g/mol. The zero-order chi connectivity index (χ0) is 23.0. The van der Waals surface area contributed by atoms with Crippen molar-refractivity contribution in [1.82, 2.24) is 19.6 Å². The average molecular weight is 451 g/mol. The Morgan fingerprint density at radius 1 is 1.09 bits per heavy atom. The van der Waals surface area contributed by atoms with Gasteiger partial charge in [-0.2, -0.15) is 0 Å². The maximum absolute atomic E-state index is 13.0. The molecule has 1 amide bonds. The lowest BCUT2D eigenvalue weighted by Crippen LogP contribution is -2.57. The standard InChI is InChI=1S/C26H38N4OSi/c1-18(2)32(19(3)4,20(5)6)14-11-22-7-8-23-15-27-25(17-30(22)23)26(31)28-24-16-29-12-9-21(24)10-13-29/h7-8,15,17-21,24H,9-10,12-13,16H2,1-6H3,(H,28,31)/t24-/m0/s1. The summed E-state index contributed by atoms with van der Waals surface area (Å²) >= 11 is 0. The number of amides is 1. The number of carbonyl (C=O) groups is 1. The predicted octanol–water partition coefficient (Wildman–Crippen LogP) is 4.73. The Balaban J connectivity index is 1.61. The maximum Gasteiger partial charge on any atom is 0.271 e. The van der Waals surface area contributed by atoms with Gasteiger partial charge in [-0.15, -0.1) is 5.54 Å². The van der Waals surface area contributed by atoms with E-state index in [0.717, 1.165) is 17.8 Å². The molecule has 5 rings (SSSR count). The molecule has 3 saturated heterocycles. The number of hydrogen-bond acceptors (Lipinski definition) is 3. The lowest BCUT2D eigenvalue weighted by atomic mass is 9.84. The Labute approximate surface area is 194 Å². The minimum Gasteiger partial charge on any atom is -0.346 e. The van der Waals surface area contributed by atoms with Gasteiger partial charge in [0.1, 0.15) is 13.8 Å². The summed E-state index contributed by atoms with van der Waals surface area (Å²) in [4.78, 5) is 19.9. The van der Waals surface area contributed by atoms with Crippen LogP contribution in [-0.2, 0) is 0 Å². The van der Waals surface area contributed by atoms with E-state index in [-0.39, 0.29) is 11.9 Å². The van der Waals surface area contributed by atoms with Gasteiger partial charge < -0.3 is 14.6 Å². The van der Waals surface area contributed by atoms with Crippen molar-refractivity contribution >= 4 is 19.5 Å². The molecule has 0 saturated carbocycles. The Morgan fingerprint density at radius 3 is 2.31 bits per heavy atom. The number of hydrogen-bond donors (Lipinski definition) is 1. The SMILES string of the molecule is CC(C)[Si](C#Cc1ccc2cnc(C(=O)N[C@H]3CN4CCC3CC4)cn12)(C(C)C)C(C)C. The number of nitrogens with zero attached hydrogens (tertiary/aromatic N) is 3. The van der Waals surface area contributed by atoms with E-state index in [9.17, 15) is 4.79 Å². The molecule has 3 aliphatic rings. The van der Waals surface area contributed by atoms with Crippen molar-refractivity contribution in [3.63, 3.8) is 0 Å². The molecule has 3 aliphatic heterocycles. The summed E-state index contributed by atoms with van der Waals surface area (Å²) in [5.41, 5.74) is 7.95. The molecular weight excluding hydrogens is 412 g/mol. The Morgan fingerprint density at radius 2 is 1.75 bits per heavy atom. The van der Waals surface area contributed by atoms with Crippen LogP contribution in [0.3, 0.4) is 0 Å². The van der Waals surface area contributed by atoms with Crippen LogP contribution in [0.4, 0.5) is 0 Å². The van der Waals surface area contributed by atoms with Crippen molar-refractivity contribution in [1.29, 1.82) is 0 Å². The van der Waals surface area contributed by atoms with Crippen LogP contribution in [0.15, 0.2) is 24.5 Å². The van der Waals surface area contributed by atoms with Crippen LogP contribution >= 0.6 is 0 Å². The first kappa shape index (κ1) is 23.1. The molecule has 1 atom stereocenters. The molecule has 6 heteroatoms. The van der Waals surface area contributed by atoms with E-state index in [1.54, 1.807) is 6.20 Å². The summed E-state index contributed by atoms with van der Waals surface area (Å²) in [6, 6.07) is 4.33. The lowest BCUT2D eigenvalue weighted by molar-refractivity contribution is 0.0617. The number of rotatable bonds is 5. The molecule has 2 aromatic rings. The van der Waals surface area contributed by atoms with Crippen molar-refractivity contribution in [2.24, 2.45) is 5.92 Å². The highest BCUT2D eigenvalue weighted by molar-refractivity contribution is 6.90. The number of nitrogens with one attached hydrogen (secondary N) is 1. The first-order chi connectivity index (χ1) is 15.2. The summed E-state index contributed by atoms with van der Waals surface area (Å²) in [6.45, 7) is 17.3. The molecule has 5 nitrogen and oxygen atoms in total. The third kappa shape index (κ3) is 4.13. The molecule has 0 radical (unpaired) electrons. The second-order valence-corrected chi connectivity index (χ2v) is 16.2. The molecule has 0 aliphatic carbocycles. The Kier molecular flexibility index (Phi) is 6.51. The minimum atomic E-state index is -1.82. The predicted molar refractivity (Wildman–Crippen MR) is 134 cm³/mol. The van der Waals surface area contributed by atoms with Gasteiger partial charge in [-0.05, 0) is 60.6 Å². The molecule has 0 aromatic carbocycles. The quantitative estimate of drug-likeness (QED) is 0.529. The van der Waals surface area contributed by atoms with Gasteiger partial charge in [0.05, 0.1) is 17.4 Å². The molecule has 2 aromatic heterocycles. The van der Waals surface area contributed by atoms with Gasteiger partial charge in [0.15, 0.2) is 0 Å². The summed E-state index contributed by atoms with van der Waals surface area (Å²) in [5.74, 6) is 4.05. The van der Waals surface area contributed by atoms with E-state index in [4.69, 9.17) is 0 Å². The highest BCUT2D eigenvalue weighted by Crippen LogP contribution is 2.40. The van der Waals surface area contributed by atoms with E-state index in [1.807, 2.05) is 16.7 Å². The molecule has 32 heavy (non-hydrogen) atoms. The van der Waals surface area contributed by atoms with E-state index in [1.165, 1.54) is 25.9 Å². The molecule has 0 spiro atoms. The van der Waals surface area contributed by atoms with E-state index < -0.39 is 8.07 Å². The fourth-order valence-electron chi connectivity index (χ4n) is 6.20. The van der Waals surface area contributed by atoms with Crippen molar-refractivity contribution in [2.75, 3.05) is 19.6 Å². The zero-order valence-electron chi connectivity index (χ0n) is 20.5. The molecule has 5 heterocycles. The van der Waals surface area contributed by atoms with Gasteiger partial charge in [0.2, 0.25) is 0 Å². The molecule has 3 fully saturated rings. The van der Waals surface area contributed by atoms with E-state index >= 15 is 0 Å². The third-order valence-electron chi connectivity index (χ3n) is 8.02. The largest absolute Gasteiger partial charge is 0.346 e. The number of piperidine rings is 3. The van der Waals surface area contributed by atoms with Crippen molar-refractivity contribution < 1.29 is 4.79 Å². The summed E-state index contributed by atoms with van der Waals surface area (Å²) in [7, 11) is -1.82. The van der Waals surface area contributed by atoms with E-state index in [0.29, 0.717) is 28.2 Å². The lowest BCUT2D eigenvalue weighted by Gasteiger charge is -2.44. The van der Waals surface area contributed by atoms with Crippen LogP contribution in [0.1, 0.15) is 70.6 Å². The van der Waals surface area contributed by atoms with Crippen LogP contribution < -0.4 is 5.32 Å². The normalized spacial score (nSPS) is 23.1. The van der Waals surface area contributed by atoms with Crippen LogP contribution in [0.2, 0.25) is 16.6 Å². The van der Waals surface area contributed by atoms with Crippen molar-refractivity contribution in [2.45, 2.75) is 77.0 Å². The molecule has 2 bridgehead atoms. The fraction of sp³-hybridized carbons (Fsp3) is 0.615. The van der Waals surface area contributed by atoms with Gasteiger partial charge in [-0.1, -0.05) is 47.5 Å². The topological polar surface area (TPSA) is 49.6 Å². The summed E-state index contributed by atoms with van der Waals surface area (Å²) in [5, 5.41) is 3.26. The maximum atomic E-state index is 13.0. The van der Waals surface area contributed by atoms with Crippen LogP contribution in [0, 0.1) is 17.4 Å². The van der Waals surface area contributed by atoms with Gasteiger partial charge in [-0.3, -0.25) is 4.79 Å². The molecule has 1 N–H and O–H groups in total. The highest BCUT2D eigenvalue weighted by Gasteiger charge is 2.41. The molecular formula is C26H38N4OSi. The molecule has 172 valence electrons. The van der Waals surface area contributed by atoms with Gasteiger partial charge >= 0.3 is 0 Å². The second kappa shape index (κ2) is 9.03. The molecule has 0 unspecified atom stereocenters. The first-order valence-corrected chi connectivity index (χ1v) is 14.5. The van der Waals surface area contributed by atoms with Crippen LogP contribution in [-0.4, -0.2) is 53.9 Å². The van der Waals surface area contributed by atoms with Gasteiger partial charge in [0.25, 0.3) is 5.91 Å². The zero-order valence-corrected chi connectivity index (χ0v) is 21.5. The smallest absolute Gasteiger partial charge is 0.271 e. The summed E-state index contributed by atoms with van der Waals surface area (Å²) < 4.78 is 2.03. The van der Waals surface area contributed by atoms with Crippen LogP contribution in [0.5, 0.6) is 0 Å². The van der Waals surface area contributed by atoms with E-state index in [2.05, 4.69) is 74.3 Å². The number of fused-ring (bicyclic) bond motifs is 4. The van der Waals surface area contributed by atoms with Crippen molar-refractivity contribution in [3.05, 3.63) is 35.9 Å². The van der Waals surface area contributed by atoms with Crippen LogP contribution in [0.25, 0.3) is 5.52 Å². The Hall–Kier alpha value is -2.10. The summed E-state index contributed by atoms with van der Waals surface area (Å²) in [6.07, 6.45) is 6.01. The Bertz CT molecular complexity index is 1020. The fourth-order valence-corrected chi connectivity index (χ4v) is 11.4. The highest BCUT2D eigenvalue weighted by atomic mass is 28.3. The number of aromatic nitrogens is 2. The average Bonchev–Trinajstić information content (AvgIpc) is 3.16. The van der Waals surface area contributed by atoms with Gasteiger partial charge in [0, 0.05) is 18.8 Å². The third-order valence-corrected chi connectivity index (χ3v) is 14.3. The van der Waals surface area contributed by atoms with Crippen molar-refractivity contribution in [3.8, 4) is 11.5 Å². The first-order valence-electron chi connectivity index (χ1n) is 12.3. The van der Waals surface area contributed by atoms with Gasteiger partial charge in [-0.25, -0.2) is 4.98 Å². The number of carbonyl (C=O) groups excluding carboxylic acids is 1.